The van der Waals surface area contributed by atoms with E-state index >= 15 is 0 Å². The fourth-order valence-corrected chi connectivity index (χ4v) is 2.27. The number of carbonyl (C=O) groups is 1. The van der Waals surface area contributed by atoms with Crippen molar-refractivity contribution >= 4 is 11.6 Å². The fraction of sp³-hybridized carbons (Fsp3) is 0.167. The van der Waals surface area contributed by atoms with Crippen LogP contribution in [0.3, 0.4) is 0 Å². The van der Waals surface area contributed by atoms with E-state index in [0.29, 0.717) is 12.1 Å². The van der Waals surface area contributed by atoms with E-state index in [1.54, 1.807) is 23.0 Å². The summed E-state index contributed by atoms with van der Waals surface area (Å²) in [6.07, 6.45) is 2.19. The van der Waals surface area contributed by atoms with E-state index in [4.69, 9.17) is 5.11 Å². The van der Waals surface area contributed by atoms with Crippen LogP contribution in [-0.4, -0.2) is 32.6 Å². The highest BCUT2D eigenvalue weighted by atomic mass is 16.3. The molecule has 0 saturated carbocycles. The number of hydrogen-bond acceptors (Lipinski definition) is 4. The Morgan fingerprint density at radius 2 is 1.83 bits per heavy atom. The zero-order valence-corrected chi connectivity index (χ0v) is 13.3. The average molecular weight is 322 g/mol. The van der Waals surface area contributed by atoms with Crippen LogP contribution in [0.4, 0.5) is 5.69 Å². The van der Waals surface area contributed by atoms with Crippen LogP contribution < -0.4 is 5.32 Å². The molecule has 122 valence electrons. The lowest BCUT2D eigenvalue weighted by atomic mass is 10.1. The van der Waals surface area contributed by atoms with Crippen LogP contribution in [0.5, 0.6) is 0 Å². The normalized spacial score (nSPS) is 10.6. The number of hydrogen-bond donors (Lipinski definition) is 2. The van der Waals surface area contributed by atoms with Gasteiger partial charge in [-0.25, -0.2) is 4.68 Å². The van der Waals surface area contributed by atoms with E-state index in [1.165, 1.54) is 0 Å². The number of carbonyl (C=O) groups excluding carboxylic acids is 1. The summed E-state index contributed by atoms with van der Waals surface area (Å²) in [5.41, 5.74) is 3.93. The molecule has 1 amide bonds. The van der Waals surface area contributed by atoms with Gasteiger partial charge in [-0.15, -0.1) is 5.10 Å². The molecular formula is C18H18N4O2. The van der Waals surface area contributed by atoms with Crippen LogP contribution in [0.1, 0.15) is 21.6 Å². The standard InChI is InChI=1S/C18H18N4O2/c1-13-2-8-16(9-3-13)22-12-17(20-21-22)18(24)19-15-6-4-14(5-7-15)10-11-23/h2-9,12,23H,10-11H2,1H3,(H,19,24). The summed E-state index contributed by atoms with van der Waals surface area (Å²) in [5.74, 6) is -0.316. The Hall–Kier alpha value is -2.99. The molecule has 0 spiro atoms. The maximum atomic E-state index is 12.3. The number of nitrogens with one attached hydrogen (secondary N) is 1. The highest BCUT2D eigenvalue weighted by molar-refractivity contribution is 6.02. The largest absolute Gasteiger partial charge is 0.396 e. The molecule has 1 heterocycles. The molecule has 0 atom stereocenters. The van der Waals surface area contributed by atoms with Crippen molar-refractivity contribution in [3.63, 3.8) is 0 Å². The third-order valence-electron chi connectivity index (χ3n) is 3.64. The van der Waals surface area contributed by atoms with E-state index in [0.717, 1.165) is 16.8 Å². The highest BCUT2D eigenvalue weighted by Crippen LogP contribution is 2.12. The molecule has 24 heavy (non-hydrogen) atoms. The van der Waals surface area contributed by atoms with Crippen molar-refractivity contribution in [3.05, 3.63) is 71.5 Å². The minimum absolute atomic E-state index is 0.105. The van der Waals surface area contributed by atoms with Gasteiger partial charge in [-0.1, -0.05) is 35.0 Å². The molecule has 1 aromatic heterocycles. The Labute approximate surface area is 139 Å². The van der Waals surface area contributed by atoms with Crippen LogP contribution >= 0.6 is 0 Å². The summed E-state index contributed by atoms with van der Waals surface area (Å²) >= 11 is 0. The van der Waals surface area contributed by atoms with Crippen LogP contribution in [0.15, 0.2) is 54.7 Å². The molecule has 3 aromatic rings. The fourth-order valence-electron chi connectivity index (χ4n) is 2.27. The molecule has 0 bridgehead atoms. The van der Waals surface area contributed by atoms with E-state index in [-0.39, 0.29) is 18.2 Å². The summed E-state index contributed by atoms with van der Waals surface area (Å²) in [4.78, 5) is 12.3. The third kappa shape index (κ3) is 3.67. The van der Waals surface area contributed by atoms with E-state index in [1.807, 2.05) is 43.3 Å². The number of nitrogens with zero attached hydrogens (tertiary/aromatic N) is 3. The second kappa shape index (κ2) is 7.06. The van der Waals surface area contributed by atoms with Gasteiger partial charge in [0.05, 0.1) is 11.9 Å². The number of benzene rings is 2. The zero-order valence-electron chi connectivity index (χ0n) is 13.3. The Morgan fingerprint density at radius 3 is 2.50 bits per heavy atom. The van der Waals surface area contributed by atoms with Gasteiger partial charge in [0.15, 0.2) is 5.69 Å². The summed E-state index contributed by atoms with van der Waals surface area (Å²) in [6, 6.07) is 15.1. The molecule has 0 aliphatic carbocycles. The van der Waals surface area contributed by atoms with Crippen LogP contribution in [0.2, 0.25) is 0 Å². The topological polar surface area (TPSA) is 80.0 Å². The first-order chi connectivity index (χ1) is 11.7. The molecule has 2 N–H and O–H groups in total. The van der Waals surface area contributed by atoms with Crippen molar-refractivity contribution in [1.29, 1.82) is 0 Å². The van der Waals surface area contributed by atoms with Crippen LogP contribution in [0, 0.1) is 6.92 Å². The molecule has 2 aromatic carbocycles. The van der Waals surface area contributed by atoms with Gasteiger partial charge < -0.3 is 10.4 Å². The maximum absolute atomic E-state index is 12.3. The summed E-state index contributed by atoms with van der Waals surface area (Å²) in [5, 5.41) is 19.6. The molecule has 0 aliphatic rings. The van der Waals surface area contributed by atoms with Crippen molar-refractivity contribution in [3.8, 4) is 5.69 Å². The Bertz CT molecular complexity index is 823. The van der Waals surface area contributed by atoms with Crippen LogP contribution in [0.25, 0.3) is 5.69 Å². The van der Waals surface area contributed by atoms with Crippen molar-refractivity contribution in [2.45, 2.75) is 13.3 Å². The number of anilines is 1. The smallest absolute Gasteiger partial charge is 0.277 e. The lowest BCUT2D eigenvalue weighted by Gasteiger charge is -2.04. The number of aromatic nitrogens is 3. The Kier molecular flexibility index (Phi) is 4.67. The third-order valence-corrected chi connectivity index (χ3v) is 3.64. The molecule has 0 saturated heterocycles. The van der Waals surface area contributed by atoms with Gasteiger partial charge in [0.2, 0.25) is 0 Å². The van der Waals surface area contributed by atoms with Gasteiger partial charge in [0.25, 0.3) is 5.91 Å². The van der Waals surface area contributed by atoms with E-state index in [2.05, 4.69) is 15.6 Å². The highest BCUT2D eigenvalue weighted by Gasteiger charge is 2.12. The minimum atomic E-state index is -0.316. The SMILES string of the molecule is Cc1ccc(-n2cc(C(=O)Nc3ccc(CCO)cc3)nn2)cc1. The molecule has 3 rings (SSSR count). The first kappa shape index (κ1) is 15.9. The average Bonchev–Trinajstić information content (AvgIpc) is 3.08. The second-order valence-electron chi connectivity index (χ2n) is 5.51. The van der Waals surface area contributed by atoms with Gasteiger partial charge in [-0.05, 0) is 43.2 Å². The minimum Gasteiger partial charge on any atom is -0.396 e. The number of aryl methyl sites for hydroxylation is 1. The van der Waals surface area contributed by atoms with E-state index < -0.39 is 0 Å². The molecule has 6 heteroatoms. The van der Waals surface area contributed by atoms with Crippen molar-refractivity contribution in [2.24, 2.45) is 0 Å². The molecule has 0 unspecified atom stereocenters. The maximum Gasteiger partial charge on any atom is 0.277 e. The van der Waals surface area contributed by atoms with Crippen molar-refractivity contribution in [2.75, 3.05) is 11.9 Å². The molecule has 0 aliphatic heterocycles. The van der Waals surface area contributed by atoms with Gasteiger partial charge in [0.1, 0.15) is 0 Å². The molecule has 6 nitrogen and oxygen atoms in total. The summed E-state index contributed by atoms with van der Waals surface area (Å²) in [6.45, 7) is 2.11. The number of aliphatic hydroxyl groups excluding tert-OH is 1. The van der Waals surface area contributed by atoms with Gasteiger partial charge in [-0.2, -0.15) is 0 Å². The van der Waals surface area contributed by atoms with Gasteiger partial charge >= 0.3 is 0 Å². The number of rotatable bonds is 5. The predicted octanol–water partition coefficient (Wildman–Crippen LogP) is 2.36. The monoisotopic (exact) mass is 322 g/mol. The summed E-state index contributed by atoms with van der Waals surface area (Å²) in [7, 11) is 0. The lowest BCUT2D eigenvalue weighted by Crippen LogP contribution is -2.12. The van der Waals surface area contributed by atoms with Crippen molar-refractivity contribution in [1.82, 2.24) is 15.0 Å². The summed E-state index contributed by atoms with van der Waals surface area (Å²) < 4.78 is 1.57. The molecule has 0 fully saturated rings. The first-order valence-electron chi connectivity index (χ1n) is 7.66. The lowest BCUT2D eigenvalue weighted by molar-refractivity contribution is 0.102. The first-order valence-corrected chi connectivity index (χ1v) is 7.66. The Morgan fingerprint density at radius 1 is 1.12 bits per heavy atom. The van der Waals surface area contributed by atoms with Crippen molar-refractivity contribution < 1.29 is 9.90 Å². The predicted molar refractivity (Wildman–Crippen MR) is 91.3 cm³/mol. The second-order valence-corrected chi connectivity index (χ2v) is 5.51. The number of amides is 1. The molecule has 0 radical (unpaired) electrons. The van der Waals surface area contributed by atoms with Crippen LogP contribution in [-0.2, 0) is 6.42 Å². The number of aliphatic hydroxyl groups is 1. The quantitative estimate of drug-likeness (QED) is 0.756. The van der Waals surface area contributed by atoms with Gasteiger partial charge in [-0.3, -0.25) is 4.79 Å². The van der Waals surface area contributed by atoms with E-state index in [9.17, 15) is 4.79 Å². The Balaban J connectivity index is 1.70. The zero-order chi connectivity index (χ0) is 16.9. The van der Waals surface area contributed by atoms with Gasteiger partial charge in [0, 0.05) is 12.3 Å². The molecular weight excluding hydrogens is 304 g/mol.